The zero-order valence-corrected chi connectivity index (χ0v) is 13.4. The maximum Gasteiger partial charge on any atom is 0.00485 e. The summed E-state index contributed by atoms with van der Waals surface area (Å²) < 4.78 is 0. The molecule has 1 unspecified atom stereocenters. The quantitative estimate of drug-likeness (QED) is 0.707. The van der Waals surface area contributed by atoms with Crippen LogP contribution in [0.3, 0.4) is 0 Å². The molecule has 2 aromatic rings. The van der Waals surface area contributed by atoms with E-state index in [2.05, 4.69) is 60.9 Å². The van der Waals surface area contributed by atoms with E-state index in [0.29, 0.717) is 5.92 Å². The van der Waals surface area contributed by atoms with Crippen LogP contribution in [0.5, 0.6) is 0 Å². The van der Waals surface area contributed by atoms with E-state index >= 15 is 0 Å². The Hall–Kier alpha value is -1.12. The molecule has 2 rings (SSSR count). The van der Waals surface area contributed by atoms with Crippen LogP contribution in [0.1, 0.15) is 29.3 Å². The van der Waals surface area contributed by atoms with Crippen LogP contribution in [0.25, 0.3) is 0 Å². The van der Waals surface area contributed by atoms with Gasteiger partial charge in [-0.15, -0.1) is 11.3 Å². The molecule has 0 spiro atoms. The molecule has 108 valence electrons. The molecule has 0 saturated carbocycles. The van der Waals surface area contributed by atoms with Crippen molar-refractivity contribution >= 4 is 11.3 Å². The maximum absolute atomic E-state index is 3.59. The molecule has 1 atom stereocenters. The fourth-order valence-electron chi connectivity index (χ4n) is 2.56. The van der Waals surface area contributed by atoms with E-state index in [1.54, 1.807) is 0 Å². The molecule has 1 aromatic carbocycles. The standard InChI is InChI=1S/C18H25NS/c1-3-10-19-14-16(13-18-9-6-11-20-18)12-17-8-5-4-7-15(17)2/h4-9,11,16,19H,3,10,12-14H2,1-2H3. The summed E-state index contributed by atoms with van der Waals surface area (Å²) >= 11 is 1.88. The molecular formula is C18H25NS. The Balaban J connectivity index is 1.99. The largest absolute Gasteiger partial charge is 0.316 e. The van der Waals surface area contributed by atoms with Crippen molar-refractivity contribution in [3.8, 4) is 0 Å². The van der Waals surface area contributed by atoms with Crippen LogP contribution in [0.2, 0.25) is 0 Å². The van der Waals surface area contributed by atoms with Crippen LogP contribution in [0.4, 0.5) is 0 Å². The maximum atomic E-state index is 3.59. The van der Waals surface area contributed by atoms with Crippen LogP contribution in [0.15, 0.2) is 41.8 Å². The fraction of sp³-hybridized carbons (Fsp3) is 0.444. The van der Waals surface area contributed by atoms with Crippen molar-refractivity contribution in [3.05, 3.63) is 57.8 Å². The van der Waals surface area contributed by atoms with Crippen molar-refractivity contribution in [1.82, 2.24) is 5.32 Å². The summed E-state index contributed by atoms with van der Waals surface area (Å²) in [4.78, 5) is 1.50. The molecule has 2 heteroatoms. The summed E-state index contributed by atoms with van der Waals surface area (Å²) in [5.74, 6) is 0.682. The predicted molar refractivity (Wildman–Crippen MR) is 89.6 cm³/mol. The van der Waals surface area contributed by atoms with Gasteiger partial charge < -0.3 is 5.32 Å². The minimum Gasteiger partial charge on any atom is -0.316 e. The zero-order chi connectivity index (χ0) is 14.2. The molecule has 0 bridgehead atoms. The van der Waals surface area contributed by atoms with Gasteiger partial charge in [0.05, 0.1) is 0 Å². The van der Waals surface area contributed by atoms with Crippen molar-refractivity contribution < 1.29 is 0 Å². The fourth-order valence-corrected chi connectivity index (χ4v) is 3.38. The van der Waals surface area contributed by atoms with Crippen molar-refractivity contribution in [2.24, 2.45) is 5.92 Å². The van der Waals surface area contributed by atoms with E-state index in [-0.39, 0.29) is 0 Å². The van der Waals surface area contributed by atoms with E-state index in [4.69, 9.17) is 0 Å². The Bertz CT molecular complexity index is 490. The average molecular weight is 287 g/mol. The number of benzene rings is 1. The summed E-state index contributed by atoms with van der Waals surface area (Å²) in [6.07, 6.45) is 3.56. The smallest absolute Gasteiger partial charge is 0.00485 e. The second-order valence-electron chi connectivity index (χ2n) is 5.48. The number of hydrogen-bond donors (Lipinski definition) is 1. The first-order valence-electron chi connectivity index (χ1n) is 7.57. The lowest BCUT2D eigenvalue weighted by molar-refractivity contribution is 0.473. The number of aryl methyl sites for hydroxylation is 1. The van der Waals surface area contributed by atoms with Gasteiger partial charge in [0.1, 0.15) is 0 Å². The second kappa shape index (κ2) is 8.23. The van der Waals surface area contributed by atoms with Gasteiger partial charge in [-0.25, -0.2) is 0 Å². The van der Waals surface area contributed by atoms with Crippen molar-refractivity contribution in [2.75, 3.05) is 13.1 Å². The van der Waals surface area contributed by atoms with Crippen molar-refractivity contribution in [3.63, 3.8) is 0 Å². The lowest BCUT2D eigenvalue weighted by atomic mass is 9.93. The first-order valence-corrected chi connectivity index (χ1v) is 8.45. The highest BCUT2D eigenvalue weighted by atomic mass is 32.1. The van der Waals surface area contributed by atoms with Gasteiger partial charge in [-0.1, -0.05) is 37.3 Å². The minimum absolute atomic E-state index is 0.682. The van der Waals surface area contributed by atoms with Gasteiger partial charge >= 0.3 is 0 Å². The Morgan fingerprint density at radius 2 is 1.95 bits per heavy atom. The topological polar surface area (TPSA) is 12.0 Å². The molecule has 1 nitrogen and oxygen atoms in total. The molecule has 0 saturated heterocycles. The number of nitrogens with one attached hydrogen (secondary N) is 1. The summed E-state index contributed by atoms with van der Waals surface area (Å²) in [5.41, 5.74) is 2.91. The van der Waals surface area contributed by atoms with Crippen molar-refractivity contribution in [2.45, 2.75) is 33.1 Å². The lowest BCUT2D eigenvalue weighted by Crippen LogP contribution is -2.26. The summed E-state index contributed by atoms with van der Waals surface area (Å²) in [7, 11) is 0. The van der Waals surface area contributed by atoms with Gasteiger partial charge in [-0.05, 0) is 67.8 Å². The van der Waals surface area contributed by atoms with Gasteiger partial charge in [0, 0.05) is 4.88 Å². The summed E-state index contributed by atoms with van der Waals surface area (Å²) in [6, 6.07) is 13.2. The predicted octanol–water partition coefficient (Wildman–Crippen LogP) is 4.46. The zero-order valence-electron chi connectivity index (χ0n) is 12.6. The monoisotopic (exact) mass is 287 g/mol. The van der Waals surface area contributed by atoms with Crippen LogP contribution in [-0.4, -0.2) is 13.1 Å². The number of hydrogen-bond acceptors (Lipinski definition) is 2. The van der Waals surface area contributed by atoms with Crippen LogP contribution in [0, 0.1) is 12.8 Å². The highest BCUT2D eigenvalue weighted by Gasteiger charge is 2.12. The first-order chi connectivity index (χ1) is 9.79. The summed E-state index contributed by atoms with van der Waals surface area (Å²) in [5, 5.41) is 5.77. The Morgan fingerprint density at radius 1 is 1.10 bits per heavy atom. The molecule has 0 amide bonds. The number of rotatable bonds is 8. The average Bonchev–Trinajstić information content (AvgIpc) is 2.94. The second-order valence-corrected chi connectivity index (χ2v) is 6.52. The third-order valence-electron chi connectivity index (χ3n) is 3.70. The van der Waals surface area contributed by atoms with E-state index in [1.165, 1.54) is 35.3 Å². The van der Waals surface area contributed by atoms with Gasteiger partial charge in [0.15, 0.2) is 0 Å². The highest BCUT2D eigenvalue weighted by Crippen LogP contribution is 2.19. The Morgan fingerprint density at radius 3 is 2.65 bits per heavy atom. The third-order valence-corrected chi connectivity index (χ3v) is 4.60. The van der Waals surface area contributed by atoms with Gasteiger partial charge in [-0.3, -0.25) is 0 Å². The number of thiophene rings is 1. The van der Waals surface area contributed by atoms with Gasteiger partial charge in [-0.2, -0.15) is 0 Å². The molecule has 0 fully saturated rings. The van der Waals surface area contributed by atoms with Crippen LogP contribution in [-0.2, 0) is 12.8 Å². The molecule has 0 aliphatic rings. The van der Waals surface area contributed by atoms with Gasteiger partial charge in [0.2, 0.25) is 0 Å². The Labute approximate surface area is 127 Å². The third kappa shape index (κ3) is 4.77. The molecular weight excluding hydrogens is 262 g/mol. The first kappa shape index (κ1) is 15.3. The SMILES string of the molecule is CCCNCC(Cc1cccs1)Cc1ccccc1C. The molecule has 1 aromatic heterocycles. The highest BCUT2D eigenvalue weighted by molar-refractivity contribution is 7.09. The van der Waals surface area contributed by atoms with E-state index < -0.39 is 0 Å². The molecule has 1 heterocycles. The molecule has 0 aliphatic carbocycles. The van der Waals surface area contributed by atoms with Crippen molar-refractivity contribution in [1.29, 1.82) is 0 Å². The van der Waals surface area contributed by atoms with Crippen LogP contribution >= 0.6 is 11.3 Å². The summed E-state index contributed by atoms with van der Waals surface area (Å²) in [6.45, 7) is 6.68. The molecule has 0 aliphatic heterocycles. The van der Waals surface area contributed by atoms with E-state index in [1.807, 2.05) is 11.3 Å². The van der Waals surface area contributed by atoms with Crippen LogP contribution < -0.4 is 5.32 Å². The van der Waals surface area contributed by atoms with E-state index in [0.717, 1.165) is 13.1 Å². The molecule has 0 radical (unpaired) electrons. The Kier molecular flexibility index (Phi) is 6.28. The minimum atomic E-state index is 0.682. The molecule has 20 heavy (non-hydrogen) atoms. The van der Waals surface area contributed by atoms with E-state index in [9.17, 15) is 0 Å². The van der Waals surface area contributed by atoms with Gasteiger partial charge in [0.25, 0.3) is 0 Å². The molecule has 1 N–H and O–H groups in total. The normalized spacial score (nSPS) is 12.5. The lowest BCUT2D eigenvalue weighted by Gasteiger charge is -2.18.